The van der Waals surface area contributed by atoms with Crippen molar-refractivity contribution >= 4 is 5.69 Å². The Kier molecular flexibility index (Phi) is 7.66. The molecule has 0 unspecified atom stereocenters. The summed E-state index contributed by atoms with van der Waals surface area (Å²) >= 11 is 0. The summed E-state index contributed by atoms with van der Waals surface area (Å²) in [4.78, 5) is 2.48. The van der Waals surface area contributed by atoms with E-state index < -0.39 is 0 Å². The van der Waals surface area contributed by atoms with Gasteiger partial charge in [-0.3, -0.25) is 0 Å². The first-order valence-electron chi connectivity index (χ1n) is 13.5. The van der Waals surface area contributed by atoms with Gasteiger partial charge in [-0.1, -0.05) is 37.5 Å². The van der Waals surface area contributed by atoms with Crippen LogP contribution in [0.1, 0.15) is 80.6 Å². The van der Waals surface area contributed by atoms with Crippen LogP contribution in [-0.2, 0) is 14.2 Å². The van der Waals surface area contributed by atoms with Crippen LogP contribution in [0.4, 0.5) is 5.69 Å². The van der Waals surface area contributed by atoms with Gasteiger partial charge in [0.2, 0.25) is 0 Å². The molecule has 2 aromatic carbocycles. The zero-order valence-corrected chi connectivity index (χ0v) is 21.5. The van der Waals surface area contributed by atoms with Gasteiger partial charge in [0.1, 0.15) is 5.75 Å². The van der Waals surface area contributed by atoms with Gasteiger partial charge in [-0.15, -0.1) is 0 Å². The van der Waals surface area contributed by atoms with Crippen LogP contribution in [0.25, 0.3) is 0 Å². The number of ether oxygens (including phenoxy) is 3. The second kappa shape index (κ2) is 10.9. The molecule has 2 fully saturated rings. The highest BCUT2D eigenvalue weighted by Crippen LogP contribution is 2.47. The number of nitrogens with zero attached hydrogens (tertiary/aromatic N) is 1. The molecule has 0 aromatic heterocycles. The van der Waals surface area contributed by atoms with Crippen LogP contribution in [-0.4, -0.2) is 44.8 Å². The smallest absolute Gasteiger partial charge is 0.159 e. The zero-order valence-electron chi connectivity index (χ0n) is 21.5. The number of rotatable bonds is 6. The van der Waals surface area contributed by atoms with Crippen molar-refractivity contribution in [3.63, 3.8) is 0 Å². The number of anilines is 1. The van der Waals surface area contributed by atoms with E-state index in [4.69, 9.17) is 14.2 Å². The highest BCUT2D eigenvalue weighted by atomic mass is 16.7. The van der Waals surface area contributed by atoms with Gasteiger partial charge in [0.05, 0.1) is 12.2 Å². The number of aromatic hydroxyl groups is 1. The molecule has 0 radical (unpaired) electrons. The molecule has 3 aliphatic rings. The number of phenolic OH excluding ortho intramolecular Hbond substituents is 1. The predicted octanol–water partition coefficient (Wildman–Crippen LogP) is 6.40. The van der Waals surface area contributed by atoms with Gasteiger partial charge < -0.3 is 24.2 Å². The van der Waals surface area contributed by atoms with E-state index >= 15 is 0 Å². The Morgan fingerprint density at radius 1 is 0.886 bits per heavy atom. The van der Waals surface area contributed by atoms with E-state index in [1.807, 2.05) is 12.1 Å². The summed E-state index contributed by atoms with van der Waals surface area (Å²) in [6.45, 7) is 4.17. The summed E-state index contributed by atoms with van der Waals surface area (Å²) in [6.07, 6.45) is 8.67. The van der Waals surface area contributed by atoms with Crippen molar-refractivity contribution in [1.29, 1.82) is 0 Å². The van der Waals surface area contributed by atoms with Crippen molar-refractivity contribution in [3.05, 3.63) is 59.2 Å². The van der Waals surface area contributed by atoms with Crippen molar-refractivity contribution < 1.29 is 19.3 Å². The van der Waals surface area contributed by atoms with Gasteiger partial charge in [-0.2, -0.15) is 0 Å². The molecule has 0 amide bonds. The normalized spacial score (nSPS) is 26.2. The van der Waals surface area contributed by atoms with E-state index in [-0.39, 0.29) is 24.4 Å². The summed E-state index contributed by atoms with van der Waals surface area (Å²) in [5.41, 5.74) is 5.04. The molecule has 2 heterocycles. The van der Waals surface area contributed by atoms with Crippen LogP contribution in [0.3, 0.4) is 0 Å². The van der Waals surface area contributed by atoms with Crippen molar-refractivity contribution in [3.8, 4) is 5.75 Å². The minimum atomic E-state index is -0.107. The maximum atomic E-state index is 10.2. The van der Waals surface area contributed by atoms with E-state index in [9.17, 15) is 5.11 Å². The number of hydrogen-bond donors (Lipinski definition) is 1. The van der Waals surface area contributed by atoms with E-state index in [1.54, 1.807) is 14.2 Å². The number of fused-ring (bicyclic) bond motifs is 1. The van der Waals surface area contributed by atoms with Crippen molar-refractivity contribution in [2.75, 3.05) is 32.2 Å². The number of hydrogen-bond acceptors (Lipinski definition) is 5. The molecule has 190 valence electrons. The first-order valence-corrected chi connectivity index (χ1v) is 13.5. The molecule has 0 spiro atoms. The van der Waals surface area contributed by atoms with Gasteiger partial charge in [0, 0.05) is 44.8 Å². The quantitative estimate of drug-likeness (QED) is 0.486. The molecular formula is C30H41NO4. The maximum absolute atomic E-state index is 10.2. The van der Waals surface area contributed by atoms with Crippen LogP contribution >= 0.6 is 0 Å². The fourth-order valence-electron chi connectivity index (χ4n) is 6.78. The number of phenols is 1. The first-order chi connectivity index (χ1) is 17.1. The summed E-state index contributed by atoms with van der Waals surface area (Å²) < 4.78 is 17.7. The maximum Gasteiger partial charge on any atom is 0.159 e. The number of benzene rings is 2. The molecule has 35 heavy (non-hydrogen) atoms. The Morgan fingerprint density at radius 3 is 2.23 bits per heavy atom. The Morgan fingerprint density at radius 2 is 1.57 bits per heavy atom. The minimum Gasteiger partial charge on any atom is -0.508 e. The lowest BCUT2D eigenvalue weighted by atomic mass is 9.72. The molecular weight excluding hydrogens is 438 g/mol. The summed E-state index contributed by atoms with van der Waals surface area (Å²) in [7, 11) is 3.46. The Hall–Kier alpha value is -2.08. The zero-order chi connectivity index (χ0) is 24.4. The lowest BCUT2D eigenvalue weighted by Gasteiger charge is -2.43. The number of piperidine rings is 1. The Bertz CT molecular complexity index is 959. The van der Waals surface area contributed by atoms with Crippen LogP contribution in [0.5, 0.6) is 5.75 Å². The molecule has 1 saturated carbocycles. The third-order valence-corrected chi connectivity index (χ3v) is 8.65. The lowest BCUT2D eigenvalue weighted by Crippen LogP contribution is -2.39. The third-order valence-electron chi connectivity index (χ3n) is 8.65. The van der Waals surface area contributed by atoms with Crippen LogP contribution in [0, 0.1) is 11.8 Å². The second-order valence-electron chi connectivity index (χ2n) is 10.7. The Balaban J connectivity index is 1.38. The van der Waals surface area contributed by atoms with Crippen LogP contribution in [0.15, 0.2) is 42.5 Å². The molecule has 1 N–H and O–H groups in total. The third kappa shape index (κ3) is 5.09. The molecule has 3 atom stereocenters. The lowest BCUT2D eigenvalue weighted by molar-refractivity contribution is -0.141. The van der Waals surface area contributed by atoms with Gasteiger partial charge >= 0.3 is 0 Å². The standard InChI is InChI=1S/C30H41NO4/c1-20-27-19-25(32)13-14-26(27)28(29(35-20)22-7-5-4-6-8-22)21-9-11-24(12-10-21)31-17-15-23(16-18-31)30(33-2)34-3/h9-14,19-20,22-23,28-30,32H,4-8,15-18H2,1-3H3/t20-,28+,29+/m0/s1. The molecule has 2 aliphatic heterocycles. The molecule has 0 bridgehead atoms. The second-order valence-corrected chi connectivity index (χ2v) is 10.7. The summed E-state index contributed by atoms with van der Waals surface area (Å²) in [5.74, 6) is 1.56. The average Bonchev–Trinajstić information content (AvgIpc) is 2.91. The average molecular weight is 480 g/mol. The molecule has 1 saturated heterocycles. The number of methoxy groups -OCH3 is 2. The van der Waals surface area contributed by atoms with Crippen LogP contribution in [0.2, 0.25) is 0 Å². The van der Waals surface area contributed by atoms with Gasteiger partial charge in [-0.25, -0.2) is 0 Å². The summed E-state index contributed by atoms with van der Waals surface area (Å²) in [5, 5.41) is 10.2. The first kappa shape index (κ1) is 24.6. The monoisotopic (exact) mass is 479 g/mol. The molecule has 5 rings (SSSR count). The van der Waals surface area contributed by atoms with Crippen molar-refractivity contribution in [2.24, 2.45) is 11.8 Å². The van der Waals surface area contributed by atoms with Gasteiger partial charge in [-0.05, 0) is 79.5 Å². The fourth-order valence-corrected chi connectivity index (χ4v) is 6.78. The van der Waals surface area contributed by atoms with Gasteiger partial charge in [0.15, 0.2) is 6.29 Å². The minimum absolute atomic E-state index is 0.00359. The van der Waals surface area contributed by atoms with Crippen LogP contribution < -0.4 is 4.90 Å². The highest BCUT2D eigenvalue weighted by Gasteiger charge is 2.40. The SMILES string of the molecule is COC(OC)C1CCN(c2ccc([C@@H]3c4ccc(O)cc4[C@H](C)O[C@@H]3C3CCCCC3)cc2)CC1. The molecule has 2 aromatic rings. The van der Waals surface area contributed by atoms with Crippen molar-refractivity contribution in [1.82, 2.24) is 0 Å². The van der Waals surface area contributed by atoms with E-state index in [0.717, 1.165) is 31.5 Å². The van der Waals surface area contributed by atoms with E-state index in [1.165, 1.54) is 48.9 Å². The van der Waals surface area contributed by atoms with E-state index in [0.29, 0.717) is 17.6 Å². The van der Waals surface area contributed by atoms with Gasteiger partial charge in [0.25, 0.3) is 0 Å². The topological polar surface area (TPSA) is 51.2 Å². The van der Waals surface area contributed by atoms with Crippen molar-refractivity contribution in [2.45, 2.75) is 76.3 Å². The molecule has 5 heteroatoms. The largest absolute Gasteiger partial charge is 0.508 e. The summed E-state index contributed by atoms with van der Waals surface area (Å²) in [6, 6.07) is 15.1. The fraction of sp³-hybridized carbons (Fsp3) is 0.600. The molecule has 1 aliphatic carbocycles. The van der Waals surface area contributed by atoms with E-state index in [2.05, 4.69) is 42.2 Å². The molecule has 5 nitrogen and oxygen atoms in total. The Labute approximate surface area is 210 Å². The predicted molar refractivity (Wildman–Crippen MR) is 139 cm³/mol. The highest BCUT2D eigenvalue weighted by molar-refractivity contribution is 5.51.